The molecule has 2 N–H and O–H groups in total. The van der Waals surface area contributed by atoms with Crippen LogP contribution in [-0.4, -0.2) is 32.9 Å². The molecular weight excluding hydrogens is 404 g/mol. The number of hydrogen-bond acceptors (Lipinski definition) is 6. The zero-order chi connectivity index (χ0) is 22.2. The van der Waals surface area contributed by atoms with E-state index < -0.39 is 0 Å². The first-order valence-corrected chi connectivity index (χ1v) is 11.5. The number of thiophene rings is 1. The number of piperidine rings is 1. The summed E-state index contributed by atoms with van der Waals surface area (Å²) in [5.74, 6) is 0.749. The number of carbonyl (C=O) groups is 1. The summed E-state index contributed by atoms with van der Waals surface area (Å²) >= 11 is 1.67. The number of ketones is 1. The monoisotopic (exact) mass is 434 g/mol. The van der Waals surface area contributed by atoms with Gasteiger partial charge in [-0.25, -0.2) is 9.97 Å². The molecule has 4 rings (SSSR count). The second-order valence-corrected chi connectivity index (χ2v) is 10.8. The van der Waals surface area contributed by atoms with E-state index in [9.17, 15) is 4.79 Å². The molecule has 0 radical (unpaired) electrons. The maximum atomic E-state index is 11.7. The molecule has 3 heterocycles. The van der Waals surface area contributed by atoms with Crippen LogP contribution in [-0.2, 0) is 0 Å². The molecule has 0 atom stereocenters. The van der Waals surface area contributed by atoms with E-state index in [1.807, 2.05) is 36.5 Å². The Balaban J connectivity index is 1.54. The molecule has 5 nitrogen and oxygen atoms in total. The zero-order valence-electron chi connectivity index (χ0n) is 18.8. The van der Waals surface area contributed by atoms with Crippen LogP contribution < -0.4 is 10.6 Å². The number of aromatic nitrogens is 2. The first-order chi connectivity index (χ1) is 14.6. The topological polar surface area (TPSA) is 66.9 Å². The van der Waals surface area contributed by atoms with Gasteiger partial charge in [-0.3, -0.25) is 4.79 Å². The van der Waals surface area contributed by atoms with Gasteiger partial charge in [-0.1, -0.05) is 18.2 Å². The molecule has 6 heteroatoms. The molecule has 162 valence electrons. The van der Waals surface area contributed by atoms with Gasteiger partial charge in [-0.2, -0.15) is 0 Å². The molecule has 0 aliphatic carbocycles. The molecule has 1 aliphatic rings. The van der Waals surface area contributed by atoms with Gasteiger partial charge in [0.05, 0.1) is 10.6 Å². The minimum atomic E-state index is 0.0636. The molecule has 1 aliphatic heterocycles. The molecule has 1 aromatic carbocycles. The molecule has 0 saturated carbocycles. The fourth-order valence-electron chi connectivity index (χ4n) is 4.69. The first-order valence-electron chi connectivity index (χ1n) is 10.7. The van der Waals surface area contributed by atoms with Crippen LogP contribution in [0.4, 0.5) is 5.95 Å². The fraction of sp³-hybridized carbons (Fsp3) is 0.400. The van der Waals surface area contributed by atoms with E-state index in [1.54, 1.807) is 18.3 Å². The van der Waals surface area contributed by atoms with Crippen LogP contribution >= 0.6 is 11.3 Å². The Morgan fingerprint density at radius 3 is 2.48 bits per heavy atom. The van der Waals surface area contributed by atoms with E-state index in [-0.39, 0.29) is 16.9 Å². The summed E-state index contributed by atoms with van der Waals surface area (Å²) in [7, 11) is 0. The number of nitrogens with zero attached hydrogens (tertiary/aromatic N) is 2. The second kappa shape index (κ2) is 8.17. The van der Waals surface area contributed by atoms with Crippen molar-refractivity contribution in [3.05, 3.63) is 54.2 Å². The Morgan fingerprint density at radius 2 is 1.77 bits per heavy atom. The van der Waals surface area contributed by atoms with Crippen LogP contribution in [0.25, 0.3) is 21.0 Å². The first kappa shape index (κ1) is 21.7. The summed E-state index contributed by atoms with van der Waals surface area (Å²) in [5.41, 5.74) is 2.82. The maximum Gasteiger partial charge on any atom is 0.223 e. The predicted octanol–water partition coefficient (Wildman–Crippen LogP) is 5.80. The molecule has 1 fully saturated rings. The second-order valence-electron chi connectivity index (χ2n) is 9.71. The SMILES string of the molecule is CC(=O)c1cccc(-c2ccc(-c3ccnc(NC4CC(C)(C)NC(C)(C)C4)n3)s2)c1. The smallest absolute Gasteiger partial charge is 0.223 e. The van der Waals surface area contributed by atoms with Gasteiger partial charge in [0.25, 0.3) is 0 Å². The highest BCUT2D eigenvalue weighted by atomic mass is 32.1. The lowest BCUT2D eigenvalue weighted by Crippen LogP contribution is -2.60. The molecule has 0 unspecified atom stereocenters. The number of benzene rings is 1. The van der Waals surface area contributed by atoms with Gasteiger partial charge >= 0.3 is 0 Å². The number of Topliss-reactive ketones (excluding diaryl/α,β-unsaturated/α-hetero) is 1. The van der Waals surface area contributed by atoms with E-state index >= 15 is 0 Å². The van der Waals surface area contributed by atoms with Crippen LogP contribution in [0.2, 0.25) is 0 Å². The van der Waals surface area contributed by atoms with Crippen molar-refractivity contribution in [2.24, 2.45) is 0 Å². The summed E-state index contributed by atoms with van der Waals surface area (Å²) in [5, 5.41) is 7.28. The Morgan fingerprint density at radius 1 is 1.06 bits per heavy atom. The molecule has 1 saturated heterocycles. The number of carbonyl (C=O) groups excluding carboxylic acids is 1. The van der Waals surface area contributed by atoms with E-state index in [0.717, 1.165) is 39.4 Å². The number of anilines is 1. The summed E-state index contributed by atoms with van der Waals surface area (Å²) in [4.78, 5) is 23.2. The molecule has 2 aromatic heterocycles. The normalized spacial score (nSPS) is 18.0. The van der Waals surface area contributed by atoms with Crippen LogP contribution in [0.5, 0.6) is 0 Å². The third kappa shape index (κ3) is 5.20. The van der Waals surface area contributed by atoms with Crippen molar-refractivity contribution < 1.29 is 4.79 Å². The summed E-state index contributed by atoms with van der Waals surface area (Å²) in [6.45, 7) is 10.6. The van der Waals surface area contributed by atoms with Crippen LogP contribution in [0.15, 0.2) is 48.7 Å². The van der Waals surface area contributed by atoms with Crippen molar-refractivity contribution in [3.8, 4) is 21.0 Å². The van der Waals surface area contributed by atoms with Crippen molar-refractivity contribution in [2.75, 3.05) is 5.32 Å². The van der Waals surface area contributed by atoms with E-state index in [0.29, 0.717) is 12.0 Å². The van der Waals surface area contributed by atoms with Gasteiger partial charge in [-0.15, -0.1) is 11.3 Å². The molecule has 0 amide bonds. The third-order valence-corrected chi connectivity index (χ3v) is 6.75. The third-order valence-electron chi connectivity index (χ3n) is 5.59. The Bertz CT molecular complexity index is 1090. The van der Waals surface area contributed by atoms with Gasteiger partial charge in [0, 0.05) is 33.8 Å². The van der Waals surface area contributed by atoms with Gasteiger partial charge < -0.3 is 10.6 Å². The number of rotatable bonds is 5. The highest BCUT2D eigenvalue weighted by Crippen LogP contribution is 2.35. The average Bonchev–Trinajstić information content (AvgIpc) is 3.16. The van der Waals surface area contributed by atoms with Crippen LogP contribution in [0.3, 0.4) is 0 Å². The van der Waals surface area contributed by atoms with Crippen molar-refractivity contribution in [1.29, 1.82) is 0 Å². The quantitative estimate of drug-likeness (QED) is 0.497. The van der Waals surface area contributed by atoms with Gasteiger partial charge in [0.1, 0.15) is 0 Å². The standard InChI is InChI=1S/C25H30N4OS/c1-16(30)17-7-6-8-18(13-17)21-9-10-22(31-21)20-11-12-26-23(28-20)27-19-14-24(2,3)29-25(4,5)15-19/h6-13,19,29H,14-15H2,1-5H3,(H,26,27,28). The largest absolute Gasteiger partial charge is 0.351 e. The van der Waals surface area contributed by atoms with Gasteiger partial charge in [0.2, 0.25) is 5.95 Å². The fourth-order valence-corrected chi connectivity index (χ4v) is 5.67. The van der Waals surface area contributed by atoms with Crippen molar-refractivity contribution in [2.45, 2.75) is 64.6 Å². The highest BCUT2D eigenvalue weighted by Gasteiger charge is 2.37. The minimum absolute atomic E-state index is 0.0636. The molecule has 0 bridgehead atoms. The van der Waals surface area contributed by atoms with Crippen molar-refractivity contribution in [1.82, 2.24) is 15.3 Å². The van der Waals surface area contributed by atoms with Crippen LogP contribution in [0, 0.1) is 0 Å². The van der Waals surface area contributed by atoms with E-state index in [4.69, 9.17) is 4.98 Å². The average molecular weight is 435 g/mol. The lowest BCUT2D eigenvalue weighted by Gasteiger charge is -2.46. The Kier molecular flexibility index (Phi) is 5.71. The summed E-state index contributed by atoms with van der Waals surface area (Å²) in [6, 6.07) is 14.2. The molecule has 3 aromatic rings. The molecular formula is C25H30N4OS. The Hall–Kier alpha value is -2.57. The molecule has 31 heavy (non-hydrogen) atoms. The predicted molar refractivity (Wildman–Crippen MR) is 129 cm³/mol. The number of nitrogens with one attached hydrogen (secondary N) is 2. The summed E-state index contributed by atoms with van der Waals surface area (Å²) < 4.78 is 0. The van der Waals surface area contributed by atoms with E-state index in [2.05, 4.69) is 55.4 Å². The summed E-state index contributed by atoms with van der Waals surface area (Å²) in [6.07, 6.45) is 3.84. The number of hydrogen-bond donors (Lipinski definition) is 2. The Labute approximate surface area is 188 Å². The van der Waals surface area contributed by atoms with Gasteiger partial charge in [0.15, 0.2) is 5.78 Å². The molecule has 0 spiro atoms. The van der Waals surface area contributed by atoms with Gasteiger partial charge in [-0.05, 0) is 77.3 Å². The van der Waals surface area contributed by atoms with Crippen molar-refractivity contribution >= 4 is 23.1 Å². The maximum absolute atomic E-state index is 11.7. The zero-order valence-corrected chi connectivity index (χ0v) is 19.6. The lowest BCUT2D eigenvalue weighted by atomic mass is 9.80. The van der Waals surface area contributed by atoms with Crippen LogP contribution in [0.1, 0.15) is 57.8 Å². The highest BCUT2D eigenvalue weighted by molar-refractivity contribution is 7.18. The van der Waals surface area contributed by atoms with E-state index in [1.165, 1.54) is 0 Å². The van der Waals surface area contributed by atoms with Crippen molar-refractivity contribution in [3.63, 3.8) is 0 Å². The minimum Gasteiger partial charge on any atom is -0.351 e. The lowest BCUT2D eigenvalue weighted by molar-refractivity contribution is 0.101.